The number of carbonyl (C=O) groups excluding carboxylic acids is 1. The maximum atomic E-state index is 10.7. The molecule has 0 radical (unpaired) electrons. The molecule has 2 heteroatoms. The second-order valence-corrected chi connectivity index (χ2v) is 6.74. The van der Waals surface area contributed by atoms with E-state index >= 15 is 0 Å². The molecule has 1 aromatic carbocycles. The SMILES string of the molecule is NC(CC1CCC(c2ccc(C=O)cc2)CC1)C1CC1. The van der Waals surface area contributed by atoms with Crippen molar-refractivity contribution in [3.8, 4) is 0 Å². The third-order valence-corrected chi connectivity index (χ3v) is 5.22. The molecule has 2 aliphatic rings. The molecule has 2 aliphatic carbocycles. The highest BCUT2D eigenvalue weighted by Gasteiger charge is 2.31. The summed E-state index contributed by atoms with van der Waals surface area (Å²) in [7, 11) is 0. The van der Waals surface area contributed by atoms with Crippen LogP contribution < -0.4 is 5.73 Å². The van der Waals surface area contributed by atoms with Gasteiger partial charge in [-0.2, -0.15) is 0 Å². The van der Waals surface area contributed by atoms with Crippen LogP contribution in [0, 0.1) is 11.8 Å². The van der Waals surface area contributed by atoms with Crippen LogP contribution >= 0.6 is 0 Å². The van der Waals surface area contributed by atoms with E-state index < -0.39 is 0 Å². The van der Waals surface area contributed by atoms with E-state index in [0.717, 1.165) is 23.7 Å². The summed E-state index contributed by atoms with van der Waals surface area (Å²) < 4.78 is 0. The van der Waals surface area contributed by atoms with Crippen LogP contribution in [0.3, 0.4) is 0 Å². The smallest absolute Gasteiger partial charge is 0.150 e. The summed E-state index contributed by atoms with van der Waals surface area (Å²) in [6.45, 7) is 0. The Bertz CT molecular complexity index is 441. The molecule has 2 fully saturated rings. The zero-order valence-corrected chi connectivity index (χ0v) is 12.1. The van der Waals surface area contributed by atoms with Crippen LogP contribution in [0.1, 0.15) is 66.8 Å². The van der Waals surface area contributed by atoms with Crippen molar-refractivity contribution in [3.63, 3.8) is 0 Å². The van der Waals surface area contributed by atoms with E-state index in [4.69, 9.17) is 5.73 Å². The molecule has 3 rings (SSSR count). The highest BCUT2D eigenvalue weighted by atomic mass is 16.1. The minimum absolute atomic E-state index is 0.462. The Labute approximate surface area is 121 Å². The summed E-state index contributed by atoms with van der Waals surface area (Å²) in [5.41, 5.74) is 8.43. The van der Waals surface area contributed by atoms with Gasteiger partial charge in [-0.25, -0.2) is 0 Å². The van der Waals surface area contributed by atoms with E-state index in [-0.39, 0.29) is 0 Å². The van der Waals surface area contributed by atoms with Crippen LogP contribution in [0.2, 0.25) is 0 Å². The Balaban J connectivity index is 1.50. The average molecular weight is 271 g/mol. The van der Waals surface area contributed by atoms with E-state index in [1.165, 1.54) is 50.5 Å². The van der Waals surface area contributed by atoms with Gasteiger partial charge in [0.25, 0.3) is 0 Å². The van der Waals surface area contributed by atoms with E-state index in [9.17, 15) is 4.79 Å². The quantitative estimate of drug-likeness (QED) is 0.825. The van der Waals surface area contributed by atoms with Crippen molar-refractivity contribution in [2.75, 3.05) is 0 Å². The Kier molecular flexibility index (Phi) is 4.21. The van der Waals surface area contributed by atoms with Crippen molar-refractivity contribution in [1.29, 1.82) is 0 Å². The molecule has 0 heterocycles. The van der Waals surface area contributed by atoms with Crippen LogP contribution in [-0.2, 0) is 0 Å². The molecular formula is C18H25NO. The predicted molar refractivity (Wildman–Crippen MR) is 81.8 cm³/mol. The summed E-state index contributed by atoms with van der Waals surface area (Å²) in [5.74, 6) is 2.36. The van der Waals surface area contributed by atoms with Gasteiger partial charge in [-0.05, 0) is 68.3 Å². The van der Waals surface area contributed by atoms with Crippen LogP contribution in [0.4, 0.5) is 0 Å². The van der Waals surface area contributed by atoms with Crippen LogP contribution in [0.5, 0.6) is 0 Å². The molecule has 2 saturated carbocycles. The van der Waals surface area contributed by atoms with Crippen LogP contribution in [-0.4, -0.2) is 12.3 Å². The lowest BCUT2D eigenvalue weighted by atomic mass is 9.76. The fourth-order valence-electron chi connectivity index (χ4n) is 3.68. The Morgan fingerprint density at radius 3 is 2.25 bits per heavy atom. The van der Waals surface area contributed by atoms with Crippen molar-refractivity contribution in [3.05, 3.63) is 35.4 Å². The normalized spacial score (nSPS) is 28.1. The molecule has 1 unspecified atom stereocenters. The van der Waals surface area contributed by atoms with Crippen LogP contribution in [0.15, 0.2) is 24.3 Å². The van der Waals surface area contributed by atoms with E-state index in [1.54, 1.807) is 0 Å². The van der Waals surface area contributed by atoms with Gasteiger partial charge in [0.2, 0.25) is 0 Å². The second kappa shape index (κ2) is 6.09. The molecule has 0 aromatic heterocycles. The van der Waals surface area contributed by atoms with Crippen molar-refractivity contribution in [2.24, 2.45) is 17.6 Å². The first-order chi connectivity index (χ1) is 9.76. The zero-order chi connectivity index (χ0) is 13.9. The summed E-state index contributed by atoms with van der Waals surface area (Å²) in [6, 6.07) is 8.60. The van der Waals surface area contributed by atoms with Crippen molar-refractivity contribution >= 4 is 6.29 Å². The molecule has 0 spiro atoms. The number of hydrogen-bond acceptors (Lipinski definition) is 2. The summed E-state index contributed by atoms with van der Waals surface area (Å²) in [6.07, 6.45) is 10.1. The molecule has 2 N–H and O–H groups in total. The van der Waals surface area contributed by atoms with Crippen molar-refractivity contribution in [2.45, 2.75) is 56.9 Å². The van der Waals surface area contributed by atoms with Gasteiger partial charge in [0, 0.05) is 11.6 Å². The predicted octanol–water partition coefficient (Wildman–Crippen LogP) is 3.90. The maximum Gasteiger partial charge on any atom is 0.150 e. The fraction of sp³-hybridized carbons (Fsp3) is 0.611. The van der Waals surface area contributed by atoms with Crippen LogP contribution in [0.25, 0.3) is 0 Å². The number of nitrogens with two attached hydrogens (primary N) is 1. The monoisotopic (exact) mass is 271 g/mol. The standard InChI is InChI=1S/C18H25NO/c19-18(17-9-10-17)11-13-1-5-15(6-2-13)16-7-3-14(12-20)4-8-16/h3-4,7-8,12-13,15,17-18H,1-2,5-6,9-11,19H2. The highest BCUT2D eigenvalue weighted by molar-refractivity contribution is 5.74. The average Bonchev–Trinajstić information content (AvgIpc) is 3.33. The molecular weight excluding hydrogens is 246 g/mol. The third kappa shape index (κ3) is 3.29. The molecule has 20 heavy (non-hydrogen) atoms. The first-order valence-corrected chi connectivity index (χ1v) is 8.07. The van der Waals surface area contributed by atoms with Gasteiger partial charge in [-0.3, -0.25) is 4.79 Å². The lowest BCUT2D eigenvalue weighted by Gasteiger charge is -2.30. The van der Waals surface area contributed by atoms with Gasteiger partial charge in [-0.15, -0.1) is 0 Å². The maximum absolute atomic E-state index is 10.7. The number of rotatable bonds is 5. The fourth-order valence-corrected chi connectivity index (χ4v) is 3.68. The Hall–Kier alpha value is -1.15. The summed E-state index contributed by atoms with van der Waals surface area (Å²) >= 11 is 0. The molecule has 0 aliphatic heterocycles. The van der Waals surface area contributed by atoms with Crippen molar-refractivity contribution in [1.82, 2.24) is 0 Å². The lowest BCUT2D eigenvalue weighted by Crippen LogP contribution is -2.27. The third-order valence-electron chi connectivity index (χ3n) is 5.22. The zero-order valence-electron chi connectivity index (χ0n) is 12.1. The van der Waals surface area contributed by atoms with Gasteiger partial charge in [0.1, 0.15) is 6.29 Å². The molecule has 1 aromatic rings. The van der Waals surface area contributed by atoms with E-state index in [1.807, 2.05) is 12.1 Å². The first-order valence-electron chi connectivity index (χ1n) is 8.07. The number of carbonyl (C=O) groups is 1. The second-order valence-electron chi connectivity index (χ2n) is 6.74. The lowest BCUT2D eigenvalue weighted by molar-refractivity contribution is 0.112. The minimum atomic E-state index is 0.462. The van der Waals surface area contributed by atoms with Gasteiger partial charge >= 0.3 is 0 Å². The molecule has 108 valence electrons. The topological polar surface area (TPSA) is 43.1 Å². The van der Waals surface area contributed by atoms with E-state index in [2.05, 4.69) is 12.1 Å². The Morgan fingerprint density at radius 1 is 1.05 bits per heavy atom. The van der Waals surface area contributed by atoms with E-state index in [0.29, 0.717) is 12.0 Å². The van der Waals surface area contributed by atoms with Gasteiger partial charge < -0.3 is 5.73 Å². The highest BCUT2D eigenvalue weighted by Crippen LogP contribution is 2.40. The summed E-state index contributed by atoms with van der Waals surface area (Å²) in [5, 5.41) is 0. The van der Waals surface area contributed by atoms with Gasteiger partial charge in [0.15, 0.2) is 0 Å². The number of benzene rings is 1. The van der Waals surface area contributed by atoms with Gasteiger partial charge in [0.05, 0.1) is 0 Å². The molecule has 1 atom stereocenters. The summed E-state index contributed by atoms with van der Waals surface area (Å²) in [4.78, 5) is 10.7. The first kappa shape index (κ1) is 13.8. The largest absolute Gasteiger partial charge is 0.327 e. The Morgan fingerprint density at radius 2 is 1.70 bits per heavy atom. The number of aldehydes is 1. The minimum Gasteiger partial charge on any atom is -0.327 e. The number of hydrogen-bond donors (Lipinski definition) is 1. The van der Waals surface area contributed by atoms with Gasteiger partial charge in [-0.1, -0.05) is 24.3 Å². The molecule has 0 amide bonds. The molecule has 0 saturated heterocycles. The molecule has 2 nitrogen and oxygen atoms in total. The molecule has 0 bridgehead atoms. The van der Waals surface area contributed by atoms with Crippen molar-refractivity contribution < 1.29 is 4.79 Å².